The number of aliphatic hydroxyl groups is 1. The molecule has 1 N–H and O–H groups in total. The minimum Gasteiger partial charge on any atom is -0.386 e. The molecule has 66 valence electrons. The Balaban J connectivity index is 3.35. The Kier molecular flexibility index (Phi) is 4.10. The molecule has 0 saturated carbocycles. The van der Waals surface area contributed by atoms with Crippen molar-refractivity contribution in [2.45, 2.75) is 31.5 Å². The lowest BCUT2D eigenvalue weighted by molar-refractivity contribution is -0.137. The van der Waals surface area contributed by atoms with E-state index in [2.05, 4.69) is 0 Å². The number of alkyl halides is 3. The Morgan fingerprint density at radius 1 is 1.45 bits per heavy atom. The van der Waals surface area contributed by atoms with Gasteiger partial charge < -0.3 is 9.90 Å². The Labute approximate surface area is 62.0 Å². The third kappa shape index (κ3) is 7.32. The molecule has 0 unspecified atom stereocenters. The molecular weight excluding hydrogens is 161 g/mol. The number of hydrogen-bond donors (Lipinski definition) is 1. The second-order valence-corrected chi connectivity index (χ2v) is 2.21. The van der Waals surface area contributed by atoms with Gasteiger partial charge in [-0.1, -0.05) is 0 Å². The lowest BCUT2D eigenvalue weighted by Crippen LogP contribution is -2.11. The van der Waals surface area contributed by atoms with Crippen molar-refractivity contribution in [2.75, 3.05) is 0 Å². The van der Waals surface area contributed by atoms with Gasteiger partial charge in [0, 0.05) is 6.42 Å². The molecule has 0 aliphatic heterocycles. The first kappa shape index (κ1) is 10.4. The minimum absolute atomic E-state index is 0.122. The number of aliphatic hydroxyl groups excluding tert-OH is 1. The first-order valence-corrected chi connectivity index (χ1v) is 3.16. The zero-order chi connectivity index (χ0) is 8.91. The summed E-state index contributed by atoms with van der Waals surface area (Å²) in [6, 6.07) is 0. The number of hydrogen-bond acceptors (Lipinski definition) is 2. The molecule has 0 aliphatic carbocycles. The molecule has 0 radical (unpaired) electrons. The van der Waals surface area contributed by atoms with E-state index >= 15 is 0 Å². The number of rotatable bonds is 4. The molecule has 0 rings (SSSR count). The van der Waals surface area contributed by atoms with Crippen LogP contribution in [-0.4, -0.2) is 23.7 Å². The molecule has 11 heavy (non-hydrogen) atoms. The van der Waals surface area contributed by atoms with Crippen molar-refractivity contribution in [3.05, 3.63) is 0 Å². The molecule has 0 fully saturated rings. The van der Waals surface area contributed by atoms with Crippen LogP contribution in [0.5, 0.6) is 0 Å². The molecule has 0 heterocycles. The first-order valence-electron chi connectivity index (χ1n) is 3.16. The summed E-state index contributed by atoms with van der Waals surface area (Å²) >= 11 is 0. The van der Waals surface area contributed by atoms with E-state index in [0.29, 0.717) is 0 Å². The van der Waals surface area contributed by atoms with Crippen molar-refractivity contribution < 1.29 is 23.1 Å². The van der Waals surface area contributed by atoms with Gasteiger partial charge >= 0.3 is 6.18 Å². The summed E-state index contributed by atoms with van der Waals surface area (Å²) in [4.78, 5) is 9.73. The van der Waals surface area contributed by atoms with Gasteiger partial charge in [-0.05, 0) is 12.8 Å². The second kappa shape index (κ2) is 4.33. The van der Waals surface area contributed by atoms with Crippen LogP contribution in [-0.2, 0) is 4.79 Å². The lowest BCUT2D eigenvalue weighted by Gasteiger charge is -2.05. The van der Waals surface area contributed by atoms with Gasteiger partial charge in [-0.3, -0.25) is 0 Å². The van der Waals surface area contributed by atoms with Crippen LogP contribution in [0.4, 0.5) is 13.2 Å². The molecule has 1 atom stereocenters. The van der Waals surface area contributed by atoms with Crippen LogP contribution >= 0.6 is 0 Å². The zero-order valence-electron chi connectivity index (χ0n) is 5.77. The summed E-state index contributed by atoms with van der Waals surface area (Å²) in [5, 5.41) is 8.52. The molecule has 0 aliphatic rings. The molecule has 0 aromatic rings. The Bertz CT molecular complexity index is 121. The van der Waals surface area contributed by atoms with E-state index in [0.717, 1.165) is 0 Å². The highest BCUT2D eigenvalue weighted by molar-refractivity contribution is 5.55. The van der Waals surface area contributed by atoms with Crippen LogP contribution in [0.25, 0.3) is 0 Å². The van der Waals surface area contributed by atoms with Gasteiger partial charge in [-0.25, -0.2) is 0 Å². The van der Waals surface area contributed by atoms with Crippen molar-refractivity contribution in [3.63, 3.8) is 0 Å². The van der Waals surface area contributed by atoms with Gasteiger partial charge in [0.25, 0.3) is 0 Å². The fraction of sp³-hybridized carbons (Fsp3) is 0.833. The van der Waals surface area contributed by atoms with Crippen molar-refractivity contribution in [1.82, 2.24) is 0 Å². The van der Waals surface area contributed by atoms with Crippen LogP contribution in [0.3, 0.4) is 0 Å². The fourth-order valence-electron chi connectivity index (χ4n) is 0.580. The van der Waals surface area contributed by atoms with Gasteiger partial charge in [0.1, 0.15) is 12.4 Å². The van der Waals surface area contributed by atoms with Gasteiger partial charge in [-0.15, -0.1) is 0 Å². The zero-order valence-corrected chi connectivity index (χ0v) is 5.77. The third-order valence-corrected chi connectivity index (χ3v) is 1.12. The molecule has 0 bridgehead atoms. The summed E-state index contributed by atoms with van der Waals surface area (Å²) in [6.07, 6.45) is -6.49. The normalized spacial score (nSPS) is 14.5. The molecule has 0 amide bonds. The van der Waals surface area contributed by atoms with Crippen molar-refractivity contribution in [3.8, 4) is 0 Å². The summed E-state index contributed by atoms with van der Waals surface area (Å²) < 4.78 is 34.3. The SMILES string of the molecule is O=C[C@H](O)CCCC(F)(F)F. The topological polar surface area (TPSA) is 37.3 Å². The van der Waals surface area contributed by atoms with Crippen LogP contribution in [0, 0.1) is 0 Å². The molecule has 2 nitrogen and oxygen atoms in total. The van der Waals surface area contributed by atoms with Gasteiger partial charge in [-0.2, -0.15) is 13.2 Å². The summed E-state index contributed by atoms with van der Waals surface area (Å²) in [7, 11) is 0. The van der Waals surface area contributed by atoms with E-state index in [1.807, 2.05) is 0 Å². The Hall–Kier alpha value is -0.580. The molecule has 5 heteroatoms. The molecule has 0 aromatic carbocycles. The maximum Gasteiger partial charge on any atom is 0.389 e. The van der Waals surface area contributed by atoms with Gasteiger partial charge in [0.05, 0.1) is 0 Å². The van der Waals surface area contributed by atoms with Crippen molar-refractivity contribution in [1.29, 1.82) is 0 Å². The highest BCUT2D eigenvalue weighted by atomic mass is 19.4. The van der Waals surface area contributed by atoms with E-state index < -0.39 is 18.7 Å². The fourth-order valence-corrected chi connectivity index (χ4v) is 0.580. The average Bonchev–Trinajstić information content (AvgIpc) is 1.85. The first-order chi connectivity index (χ1) is 4.95. The summed E-state index contributed by atoms with van der Waals surface area (Å²) in [5.74, 6) is 0. The van der Waals surface area contributed by atoms with Gasteiger partial charge in [0.2, 0.25) is 0 Å². The highest BCUT2D eigenvalue weighted by Gasteiger charge is 2.26. The number of carbonyl (C=O) groups is 1. The van der Waals surface area contributed by atoms with Gasteiger partial charge in [0.15, 0.2) is 0 Å². The number of halogens is 3. The molecular formula is C6H9F3O2. The standard InChI is InChI=1S/C6H9F3O2/c7-6(8,9)3-1-2-5(11)4-10/h4-5,11H,1-3H2/t5-/m1/s1. The Morgan fingerprint density at radius 3 is 2.36 bits per heavy atom. The maximum absolute atomic E-state index is 11.4. The van der Waals surface area contributed by atoms with E-state index in [-0.39, 0.29) is 19.1 Å². The van der Waals surface area contributed by atoms with Crippen LogP contribution in [0.2, 0.25) is 0 Å². The largest absolute Gasteiger partial charge is 0.389 e. The lowest BCUT2D eigenvalue weighted by atomic mass is 10.2. The highest BCUT2D eigenvalue weighted by Crippen LogP contribution is 2.22. The van der Waals surface area contributed by atoms with Crippen molar-refractivity contribution >= 4 is 6.29 Å². The van der Waals surface area contributed by atoms with Crippen molar-refractivity contribution in [2.24, 2.45) is 0 Å². The number of aldehydes is 1. The summed E-state index contributed by atoms with van der Waals surface area (Å²) in [5.41, 5.74) is 0. The van der Waals surface area contributed by atoms with Crippen LogP contribution < -0.4 is 0 Å². The van der Waals surface area contributed by atoms with E-state index in [4.69, 9.17) is 5.11 Å². The molecule has 0 spiro atoms. The predicted molar refractivity (Wildman–Crippen MR) is 32.0 cm³/mol. The molecule has 0 aromatic heterocycles. The molecule has 0 saturated heterocycles. The van der Waals surface area contributed by atoms with Crippen LogP contribution in [0.1, 0.15) is 19.3 Å². The maximum atomic E-state index is 11.4. The minimum atomic E-state index is -4.19. The average molecular weight is 170 g/mol. The smallest absolute Gasteiger partial charge is 0.386 e. The van der Waals surface area contributed by atoms with E-state index in [1.165, 1.54) is 0 Å². The second-order valence-electron chi connectivity index (χ2n) is 2.21. The van der Waals surface area contributed by atoms with E-state index in [1.54, 1.807) is 0 Å². The monoisotopic (exact) mass is 170 g/mol. The summed E-state index contributed by atoms with van der Waals surface area (Å²) in [6.45, 7) is 0. The number of carbonyl (C=O) groups excluding carboxylic acids is 1. The Morgan fingerprint density at radius 2 is 2.00 bits per heavy atom. The predicted octanol–water partition coefficient (Wildman–Crippen LogP) is 1.28. The van der Waals surface area contributed by atoms with Crippen LogP contribution in [0.15, 0.2) is 0 Å². The quantitative estimate of drug-likeness (QED) is 0.645. The van der Waals surface area contributed by atoms with E-state index in [9.17, 15) is 18.0 Å². The third-order valence-electron chi connectivity index (χ3n) is 1.12.